The first-order chi connectivity index (χ1) is 5.75. The minimum absolute atomic E-state index is 0.504. The maximum Gasteiger partial charge on any atom is 0.106 e. The molecular formula is C8H14N2O2. The Kier molecular flexibility index (Phi) is 4.99. The number of carbonyl (C=O) groups excluding carboxylic acids is 1. The van der Waals surface area contributed by atoms with Gasteiger partial charge in [0.1, 0.15) is 6.79 Å². The second-order valence-electron chi connectivity index (χ2n) is 2.36. The molecule has 0 unspecified atom stereocenters. The summed E-state index contributed by atoms with van der Waals surface area (Å²) in [7, 11) is 1.97. The number of nitrogens with zero attached hydrogens (tertiary/aromatic N) is 1. The molecule has 12 heavy (non-hydrogen) atoms. The van der Waals surface area contributed by atoms with Crippen LogP contribution in [0.1, 0.15) is 11.4 Å². The van der Waals surface area contributed by atoms with E-state index in [4.69, 9.17) is 10.0 Å². The van der Waals surface area contributed by atoms with Gasteiger partial charge in [0.2, 0.25) is 0 Å². The molecule has 4 nitrogen and oxygen atoms in total. The lowest BCUT2D eigenvalue weighted by Gasteiger charge is -2.02. The zero-order chi connectivity index (χ0) is 9.56. The summed E-state index contributed by atoms with van der Waals surface area (Å²) in [4.78, 5) is 8.00. The van der Waals surface area contributed by atoms with Crippen LogP contribution in [0.4, 0.5) is 0 Å². The highest BCUT2D eigenvalue weighted by Crippen LogP contribution is 2.04. The summed E-state index contributed by atoms with van der Waals surface area (Å²) < 4.78 is 2.03. The van der Waals surface area contributed by atoms with Crippen LogP contribution in [-0.2, 0) is 18.4 Å². The number of hydrogen-bond acceptors (Lipinski definition) is 3. The van der Waals surface area contributed by atoms with Gasteiger partial charge in [-0.15, -0.1) is 0 Å². The lowest BCUT2D eigenvalue weighted by atomic mass is 10.4. The molecule has 0 bridgehead atoms. The average Bonchev–Trinajstić information content (AvgIpc) is 2.41. The van der Waals surface area contributed by atoms with Gasteiger partial charge in [-0.2, -0.15) is 5.48 Å². The summed E-state index contributed by atoms with van der Waals surface area (Å²) in [6.07, 6.45) is 0. The third kappa shape index (κ3) is 2.48. The second kappa shape index (κ2) is 5.51. The van der Waals surface area contributed by atoms with Gasteiger partial charge >= 0.3 is 0 Å². The highest BCUT2D eigenvalue weighted by Gasteiger charge is 1.97. The SMILES string of the molecule is C=O.Cc1ccc(CNO)n1C. The average molecular weight is 170 g/mol. The summed E-state index contributed by atoms with van der Waals surface area (Å²) in [5.74, 6) is 0. The number of nitrogens with one attached hydrogen (secondary N) is 1. The number of aryl methyl sites for hydroxylation is 1. The molecule has 1 rings (SSSR count). The van der Waals surface area contributed by atoms with E-state index in [-0.39, 0.29) is 0 Å². The molecule has 1 heterocycles. The van der Waals surface area contributed by atoms with Crippen molar-refractivity contribution in [2.24, 2.45) is 7.05 Å². The Balaban J connectivity index is 0.000000561. The predicted molar refractivity (Wildman–Crippen MR) is 45.9 cm³/mol. The van der Waals surface area contributed by atoms with Crippen molar-refractivity contribution in [1.29, 1.82) is 0 Å². The maximum atomic E-state index is 8.39. The van der Waals surface area contributed by atoms with Crippen LogP contribution in [0.3, 0.4) is 0 Å². The molecular weight excluding hydrogens is 156 g/mol. The molecule has 0 aromatic carbocycles. The van der Waals surface area contributed by atoms with Crippen molar-refractivity contribution < 1.29 is 10.0 Å². The third-order valence-electron chi connectivity index (χ3n) is 1.74. The number of rotatable bonds is 2. The molecule has 2 N–H and O–H groups in total. The van der Waals surface area contributed by atoms with Crippen LogP contribution < -0.4 is 5.48 Å². The van der Waals surface area contributed by atoms with Gasteiger partial charge in [-0.1, -0.05) is 0 Å². The number of aromatic nitrogens is 1. The summed E-state index contributed by atoms with van der Waals surface area (Å²) >= 11 is 0. The molecule has 4 heteroatoms. The predicted octanol–water partition coefficient (Wildman–Crippen LogP) is 0.627. The Morgan fingerprint density at radius 3 is 2.50 bits per heavy atom. The molecule has 0 spiro atoms. The van der Waals surface area contributed by atoms with Gasteiger partial charge in [-0.25, -0.2) is 0 Å². The van der Waals surface area contributed by atoms with Crippen molar-refractivity contribution in [3.8, 4) is 0 Å². The quantitative estimate of drug-likeness (QED) is 0.640. The van der Waals surface area contributed by atoms with Gasteiger partial charge in [0.25, 0.3) is 0 Å². The van der Waals surface area contributed by atoms with Crippen molar-refractivity contribution in [1.82, 2.24) is 10.0 Å². The second-order valence-corrected chi connectivity index (χ2v) is 2.36. The van der Waals surface area contributed by atoms with E-state index in [0.717, 1.165) is 5.69 Å². The fourth-order valence-corrected chi connectivity index (χ4v) is 0.925. The molecule has 0 atom stereocenters. The number of hydrogen-bond donors (Lipinski definition) is 2. The summed E-state index contributed by atoms with van der Waals surface area (Å²) in [6.45, 7) is 4.53. The van der Waals surface area contributed by atoms with E-state index < -0.39 is 0 Å². The molecule has 0 amide bonds. The van der Waals surface area contributed by atoms with Gasteiger partial charge in [0, 0.05) is 18.4 Å². The van der Waals surface area contributed by atoms with Gasteiger partial charge in [-0.05, 0) is 19.1 Å². The molecule has 1 aromatic heterocycles. The van der Waals surface area contributed by atoms with Gasteiger partial charge in [-0.3, -0.25) is 0 Å². The van der Waals surface area contributed by atoms with E-state index in [2.05, 4.69) is 5.48 Å². The van der Waals surface area contributed by atoms with Crippen LogP contribution in [0.5, 0.6) is 0 Å². The Morgan fingerprint density at radius 2 is 2.17 bits per heavy atom. The van der Waals surface area contributed by atoms with Crippen molar-refractivity contribution in [2.45, 2.75) is 13.5 Å². The lowest BCUT2D eigenvalue weighted by Crippen LogP contribution is -2.10. The smallest absolute Gasteiger partial charge is 0.106 e. The minimum atomic E-state index is 0.504. The molecule has 68 valence electrons. The van der Waals surface area contributed by atoms with E-state index in [1.807, 2.05) is 37.5 Å². The fourth-order valence-electron chi connectivity index (χ4n) is 0.925. The molecule has 0 saturated heterocycles. The fraction of sp³-hybridized carbons (Fsp3) is 0.375. The van der Waals surface area contributed by atoms with E-state index in [1.165, 1.54) is 5.69 Å². The van der Waals surface area contributed by atoms with Gasteiger partial charge < -0.3 is 14.6 Å². The van der Waals surface area contributed by atoms with Gasteiger partial charge in [0.05, 0.1) is 6.54 Å². The first-order valence-electron chi connectivity index (χ1n) is 3.52. The Labute approximate surface area is 71.8 Å². The topological polar surface area (TPSA) is 54.3 Å². The molecule has 1 aromatic rings. The van der Waals surface area contributed by atoms with Crippen LogP contribution in [0.15, 0.2) is 12.1 Å². The number of hydroxylamine groups is 1. The van der Waals surface area contributed by atoms with Crippen molar-refractivity contribution >= 4 is 6.79 Å². The Bertz CT molecular complexity index is 233. The van der Waals surface area contributed by atoms with E-state index in [1.54, 1.807) is 0 Å². The molecule has 0 saturated carbocycles. The highest BCUT2D eigenvalue weighted by molar-refractivity contribution is 5.13. The minimum Gasteiger partial charge on any atom is -0.351 e. The first-order valence-corrected chi connectivity index (χ1v) is 3.52. The summed E-state index contributed by atoms with van der Waals surface area (Å²) in [6, 6.07) is 4.01. The van der Waals surface area contributed by atoms with Crippen LogP contribution in [0.2, 0.25) is 0 Å². The van der Waals surface area contributed by atoms with Crippen molar-refractivity contribution in [3.63, 3.8) is 0 Å². The third-order valence-corrected chi connectivity index (χ3v) is 1.74. The summed E-state index contributed by atoms with van der Waals surface area (Å²) in [5, 5.41) is 8.39. The zero-order valence-electron chi connectivity index (χ0n) is 7.37. The largest absolute Gasteiger partial charge is 0.351 e. The molecule has 0 fully saturated rings. The van der Waals surface area contributed by atoms with Crippen LogP contribution in [0.25, 0.3) is 0 Å². The standard InChI is InChI=1S/C7H12N2O.CH2O/c1-6-3-4-7(5-8-10)9(6)2;1-2/h3-4,8,10H,5H2,1-2H3;1H2. The first kappa shape index (κ1) is 10.9. The highest BCUT2D eigenvalue weighted by atomic mass is 16.5. The lowest BCUT2D eigenvalue weighted by molar-refractivity contribution is -0.0979. The van der Waals surface area contributed by atoms with Crippen LogP contribution in [0, 0.1) is 6.92 Å². The monoisotopic (exact) mass is 170 g/mol. The van der Waals surface area contributed by atoms with E-state index >= 15 is 0 Å². The molecule has 0 aliphatic carbocycles. The summed E-state index contributed by atoms with van der Waals surface area (Å²) in [5.41, 5.74) is 4.40. The van der Waals surface area contributed by atoms with E-state index in [0.29, 0.717) is 6.54 Å². The van der Waals surface area contributed by atoms with Crippen molar-refractivity contribution in [2.75, 3.05) is 0 Å². The Morgan fingerprint density at radius 1 is 1.58 bits per heavy atom. The molecule has 0 aliphatic heterocycles. The van der Waals surface area contributed by atoms with Crippen molar-refractivity contribution in [3.05, 3.63) is 23.5 Å². The number of carbonyl (C=O) groups is 1. The van der Waals surface area contributed by atoms with Crippen LogP contribution >= 0.6 is 0 Å². The molecule has 0 aliphatic rings. The van der Waals surface area contributed by atoms with Crippen LogP contribution in [-0.4, -0.2) is 16.6 Å². The maximum absolute atomic E-state index is 8.39. The van der Waals surface area contributed by atoms with Gasteiger partial charge in [0.15, 0.2) is 0 Å². The Hall–Kier alpha value is -1.13. The zero-order valence-corrected chi connectivity index (χ0v) is 7.37. The normalized spacial score (nSPS) is 8.92. The van der Waals surface area contributed by atoms with E-state index in [9.17, 15) is 0 Å². The molecule has 0 radical (unpaired) electrons.